The van der Waals surface area contributed by atoms with E-state index in [9.17, 15) is 5.11 Å². The van der Waals surface area contributed by atoms with Crippen LogP contribution in [0.5, 0.6) is 0 Å². The molecule has 1 atom stereocenters. The van der Waals surface area contributed by atoms with Gasteiger partial charge >= 0.3 is 0 Å². The summed E-state index contributed by atoms with van der Waals surface area (Å²) in [6.45, 7) is 6.85. The van der Waals surface area contributed by atoms with Gasteiger partial charge in [-0.15, -0.1) is 0 Å². The van der Waals surface area contributed by atoms with E-state index in [1.165, 1.54) is 32.1 Å². The third kappa shape index (κ3) is 5.84. The number of hydrogen-bond donors (Lipinski definition) is 2. The summed E-state index contributed by atoms with van der Waals surface area (Å²) < 4.78 is 5.77. The molecule has 0 aliphatic heterocycles. The number of ether oxygens (including phenoxy) is 1. The number of hydrogen-bond acceptors (Lipinski definition) is 3. The van der Waals surface area contributed by atoms with Gasteiger partial charge in [0, 0.05) is 18.8 Å². The van der Waals surface area contributed by atoms with E-state index >= 15 is 0 Å². The Bertz CT molecular complexity index is 193. The van der Waals surface area contributed by atoms with Gasteiger partial charge < -0.3 is 15.2 Å². The maximum atomic E-state index is 9.35. The third-order valence-corrected chi connectivity index (χ3v) is 3.83. The van der Waals surface area contributed by atoms with Crippen LogP contribution in [0.2, 0.25) is 0 Å². The summed E-state index contributed by atoms with van der Waals surface area (Å²) in [4.78, 5) is 0. The van der Waals surface area contributed by atoms with Crippen LogP contribution >= 0.6 is 0 Å². The second-order valence-corrected chi connectivity index (χ2v) is 5.58. The van der Waals surface area contributed by atoms with Gasteiger partial charge in [0.2, 0.25) is 0 Å². The Balaban J connectivity index is 2.09. The van der Waals surface area contributed by atoms with Crippen molar-refractivity contribution in [3.63, 3.8) is 0 Å². The standard InChI is InChI=1S/C14H29NO2/c1-3-15-14(2,12-16)9-10-17-11-13-7-5-4-6-8-13/h13,15-16H,3-12H2,1-2H3. The number of aliphatic hydroxyl groups excluding tert-OH is 1. The summed E-state index contributed by atoms with van der Waals surface area (Å²) >= 11 is 0. The zero-order valence-corrected chi connectivity index (χ0v) is 11.5. The molecule has 0 spiro atoms. The Morgan fingerprint density at radius 2 is 2.00 bits per heavy atom. The van der Waals surface area contributed by atoms with E-state index in [2.05, 4.69) is 19.2 Å². The molecule has 17 heavy (non-hydrogen) atoms. The lowest BCUT2D eigenvalue weighted by atomic mass is 9.90. The van der Waals surface area contributed by atoms with Crippen LogP contribution in [0.3, 0.4) is 0 Å². The monoisotopic (exact) mass is 243 g/mol. The molecule has 0 aromatic carbocycles. The van der Waals surface area contributed by atoms with Crippen LogP contribution in [0.4, 0.5) is 0 Å². The summed E-state index contributed by atoms with van der Waals surface area (Å²) in [6.07, 6.45) is 7.71. The van der Waals surface area contributed by atoms with E-state index in [4.69, 9.17) is 4.74 Å². The van der Waals surface area contributed by atoms with Crippen molar-refractivity contribution < 1.29 is 9.84 Å². The molecule has 1 rings (SSSR count). The van der Waals surface area contributed by atoms with Crippen LogP contribution in [-0.2, 0) is 4.74 Å². The molecule has 3 heteroatoms. The van der Waals surface area contributed by atoms with Gasteiger partial charge in [0.1, 0.15) is 0 Å². The van der Waals surface area contributed by atoms with Crippen molar-refractivity contribution in [1.82, 2.24) is 5.32 Å². The summed E-state index contributed by atoms with van der Waals surface area (Å²) in [5.74, 6) is 0.781. The van der Waals surface area contributed by atoms with Gasteiger partial charge in [-0.3, -0.25) is 0 Å². The van der Waals surface area contributed by atoms with Gasteiger partial charge in [-0.05, 0) is 38.6 Å². The Labute approximate surface area is 106 Å². The quantitative estimate of drug-likeness (QED) is 0.643. The number of likely N-dealkylation sites (N-methyl/N-ethyl adjacent to an activating group) is 1. The third-order valence-electron chi connectivity index (χ3n) is 3.83. The average Bonchev–Trinajstić information content (AvgIpc) is 2.36. The van der Waals surface area contributed by atoms with Crippen molar-refractivity contribution >= 4 is 0 Å². The number of aliphatic hydroxyl groups is 1. The first kappa shape index (κ1) is 14.9. The average molecular weight is 243 g/mol. The molecule has 0 bridgehead atoms. The summed E-state index contributed by atoms with van der Waals surface area (Å²) in [5.41, 5.74) is -0.179. The van der Waals surface area contributed by atoms with E-state index in [1.54, 1.807) is 0 Å². The largest absolute Gasteiger partial charge is 0.394 e. The highest BCUT2D eigenvalue weighted by molar-refractivity contribution is 4.81. The lowest BCUT2D eigenvalue weighted by Crippen LogP contribution is -2.46. The van der Waals surface area contributed by atoms with E-state index in [0.29, 0.717) is 0 Å². The van der Waals surface area contributed by atoms with Crippen LogP contribution in [-0.4, -0.2) is 37.0 Å². The summed E-state index contributed by atoms with van der Waals surface area (Å²) in [5, 5.41) is 12.7. The first-order valence-corrected chi connectivity index (χ1v) is 7.14. The Hall–Kier alpha value is -0.120. The molecule has 0 heterocycles. The highest BCUT2D eigenvalue weighted by Crippen LogP contribution is 2.23. The van der Waals surface area contributed by atoms with E-state index < -0.39 is 0 Å². The zero-order chi connectivity index (χ0) is 12.6. The highest BCUT2D eigenvalue weighted by Gasteiger charge is 2.21. The second kappa shape index (κ2) is 8.06. The van der Waals surface area contributed by atoms with Gasteiger partial charge in [0.05, 0.1) is 6.61 Å². The molecule has 0 aromatic heterocycles. The molecule has 102 valence electrons. The SMILES string of the molecule is CCNC(C)(CO)CCOCC1CCCCC1. The fraction of sp³-hybridized carbons (Fsp3) is 1.00. The predicted octanol–water partition coefficient (Wildman–Crippen LogP) is 2.33. The lowest BCUT2D eigenvalue weighted by molar-refractivity contribution is 0.0583. The Morgan fingerprint density at radius 3 is 2.59 bits per heavy atom. The minimum Gasteiger partial charge on any atom is -0.394 e. The minimum absolute atomic E-state index is 0.174. The first-order chi connectivity index (χ1) is 8.20. The smallest absolute Gasteiger partial charge is 0.0611 e. The van der Waals surface area contributed by atoms with E-state index in [0.717, 1.165) is 32.1 Å². The molecule has 1 fully saturated rings. The molecule has 0 aromatic rings. The molecule has 3 nitrogen and oxygen atoms in total. The van der Waals surface area contributed by atoms with Crippen molar-refractivity contribution in [2.45, 2.75) is 57.9 Å². The van der Waals surface area contributed by atoms with E-state index in [1.807, 2.05) is 0 Å². The van der Waals surface area contributed by atoms with Crippen molar-refractivity contribution in [2.24, 2.45) is 5.92 Å². The van der Waals surface area contributed by atoms with Gasteiger partial charge in [-0.1, -0.05) is 26.2 Å². The topological polar surface area (TPSA) is 41.5 Å². The van der Waals surface area contributed by atoms with Crippen LogP contribution in [0.1, 0.15) is 52.4 Å². The van der Waals surface area contributed by atoms with Crippen molar-refractivity contribution in [3.05, 3.63) is 0 Å². The normalized spacial score (nSPS) is 21.4. The first-order valence-electron chi connectivity index (χ1n) is 7.14. The van der Waals surface area contributed by atoms with Crippen LogP contribution in [0.25, 0.3) is 0 Å². The van der Waals surface area contributed by atoms with Crippen LogP contribution in [0, 0.1) is 5.92 Å². The van der Waals surface area contributed by atoms with Crippen molar-refractivity contribution in [2.75, 3.05) is 26.4 Å². The molecule has 0 radical (unpaired) electrons. The van der Waals surface area contributed by atoms with Gasteiger partial charge in [-0.25, -0.2) is 0 Å². The maximum absolute atomic E-state index is 9.35. The molecule has 2 N–H and O–H groups in total. The lowest BCUT2D eigenvalue weighted by Gasteiger charge is -2.29. The summed E-state index contributed by atoms with van der Waals surface area (Å²) in [6, 6.07) is 0. The maximum Gasteiger partial charge on any atom is 0.0611 e. The highest BCUT2D eigenvalue weighted by atomic mass is 16.5. The Kier molecular flexibility index (Phi) is 7.09. The fourth-order valence-corrected chi connectivity index (χ4v) is 2.55. The molecular formula is C14H29NO2. The van der Waals surface area contributed by atoms with Crippen LogP contribution < -0.4 is 5.32 Å². The molecule has 1 aliphatic carbocycles. The predicted molar refractivity (Wildman–Crippen MR) is 71.2 cm³/mol. The van der Waals surface area contributed by atoms with Crippen molar-refractivity contribution in [1.29, 1.82) is 0 Å². The van der Waals surface area contributed by atoms with Gasteiger partial charge in [0.25, 0.3) is 0 Å². The number of nitrogens with one attached hydrogen (secondary N) is 1. The van der Waals surface area contributed by atoms with Gasteiger partial charge in [0.15, 0.2) is 0 Å². The van der Waals surface area contributed by atoms with Gasteiger partial charge in [-0.2, -0.15) is 0 Å². The molecular weight excluding hydrogens is 214 g/mol. The zero-order valence-electron chi connectivity index (χ0n) is 11.5. The second-order valence-electron chi connectivity index (χ2n) is 5.58. The minimum atomic E-state index is -0.179. The summed E-state index contributed by atoms with van der Waals surface area (Å²) in [7, 11) is 0. The van der Waals surface area contributed by atoms with E-state index in [-0.39, 0.29) is 12.1 Å². The molecule has 1 aliphatic rings. The molecule has 0 amide bonds. The molecule has 1 saturated carbocycles. The molecule has 1 unspecified atom stereocenters. The Morgan fingerprint density at radius 1 is 1.29 bits per heavy atom. The van der Waals surface area contributed by atoms with Crippen molar-refractivity contribution in [3.8, 4) is 0 Å². The fourth-order valence-electron chi connectivity index (χ4n) is 2.55. The van der Waals surface area contributed by atoms with Crippen LogP contribution in [0.15, 0.2) is 0 Å². The number of rotatable bonds is 8. The molecule has 0 saturated heterocycles.